The highest BCUT2D eigenvalue weighted by Gasteiger charge is 2.23. The molecule has 5 heteroatoms. The molecule has 4 nitrogen and oxygen atoms in total. The number of ether oxygens (including phenoxy) is 1. The molecule has 1 aromatic heterocycles. The van der Waals surface area contributed by atoms with Gasteiger partial charge in [0.05, 0.1) is 0 Å². The zero-order valence-electron chi connectivity index (χ0n) is 7.47. The van der Waals surface area contributed by atoms with Gasteiger partial charge in [-0.3, -0.25) is 0 Å². The van der Waals surface area contributed by atoms with E-state index in [1.165, 1.54) is 26.3 Å². The molecule has 0 bridgehead atoms. The minimum Gasteiger partial charge on any atom is -0.365 e. The first-order valence-electron chi connectivity index (χ1n) is 3.76. The maximum Gasteiger partial charge on any atom is 0.222 e. The van der Waals surface area contributed by atoms with Crippen LogP contribution in [0, 0.1) is 0 Å². The van der Waals surface area contributed by atoms with Gasteiger partial charge in [-0.1, -0.05) is 6.07 Å². The summed E-state index contributed by atoms with van der Waals surface area (Å²) in [7, 11) is -2.07. The second-order valence-electron chi connectivity index (χ2n) is 2.52. The smallest absolute Gasteiger partial charge is 0.222 e. The average Bonchev–Trinajstić information content (AvgIpc) is 2.18. The van der Waals surface area contributed by atoms with Gasteiger partial charge in [-0.25, -0.2) is 13.4 Å². The summed E-state index contributed by atoms with van der Waals surface area (Å²) >= 11 is 0. The van der Waals surface area contributed by atoms with E-state index in [0.717, 1.165) is 0 Å². The Bertz CT molecular complexity index is 360. The molecule has 0 fully saturated rings. The van der Waals surface area contributed by atoms with Crippen LogP contribution in [-0.4, -0.2) is 25.9 Å². The van der Waals surface area contributed by atoms with Crippen molar-refractivity contribution in [2.75, 3.05) is 7.11 Å². The van der Waals surface area contributed by atoms with Gasteiger partial charge in [0.2, 0.25) is 9.84 Å². The highest BCUT2D eigenvalue weighted by atomic mass is 32.2. The molecule has 72 valence electrons. The van der Waals surface area contributed by atoms with E-state index >= 15 is 0 Å². The summed E-state index contributed by atoms with van der Waals surface area (Å²) in [5.41, 5.74) is -0.859. The Balaban J connectivity index is 3.09. The third-order valence-corrected chi connectivity index (χ3v) is 3.59. The molecular weight excluding hydrogens is 190 g/mol. The summed E-state index contributed by atoms with van der Waals surface area (Å²) in [6.45, 7) is 1.48. The van der Waals surface area contributed by atoms with Gasteiger partial charge in [-0.05, 0) is 19.1 Å². The van der Waals surface area contributed by atoms with Crippen LogP contribution in [-0.2, 0) is 14.6 Å². The fourth-order valence-electron chi connectivity index (χ4n) is 0.812. The maximum absolute atomic E-state index is 11.6. The Labute approximate surface area is 77.5 Å². The molecule has 1 unspecified atom stereocenters. The number of hydrogen-bond acceptors (Lipinski definition) is 4. The largest absolute Gasteiger partial charge is 0.365 e. The molecule has 1 atom stereocenters. The van der Waals surface area contributed by atoms with Crippen molar-refractivity contribution in [2.24, 2.45) is 0 Å². The first kappa shape index (κ1) is 10.1. The molecule has 0 radical (unpaired) electrons. The van der Waals surface area contributed by atoms with Crippen molar-refractivity contribution in [3.05, 3.63) is 24.4 Å². The fraction of sp³-hybridized carbons (Fsp3) is 0.375. The van der Waals surface area contributed by atoms with E-state index in [4.69, 9.17) is 4.74 Å². The minimum absolute atomic E-state index is 0.0457. The molecule has 0 aliphatic carbocycles. The Morgan fingerprint density at radius 3 is 2.62 bits per heavy atom. The van der Waals surface area contributed by atoms with Gasteiger partial charge in [0, 0.05) is 13.3 Å². The summed E-state index contributed by atoms with van der Waals surface area (Å²) in [5, 5.41) is 0.0457. The van der Waals surface area contributed by atoms with Gasteiger partial charge in [-0.15, -0.1) is 0 Å². The number of methoxy groups -OCH3 is 1. The number of sulfone groups is 1. The van der Waals surface area contributed by atoms with Crippen LogP contribution in [0.4, 0.5) is 0 Å². The normalized spacial score (nSPS) is 14.0. The van der Waals surface area contributed by atoms with Crippen molar-refractivity contribution in [1.29, 1.82) is 0 Å². The topological polar surface area (TPSA) is 56.3 Å². The van der Waals surface area contributed by atoms with Crippen LogP contribution in [0.2, 0.25) is 0 Å². The Morgan fingerprint density at radius 1 is 1.46 bits per heavy atom. The highest BCUT2D eigenvalue weighted by Crippen LogP contribution is 2.12. The van der Waals surface area contributed by atoms with Gasteiger partial charge in [-0.2, -0.15) is 0 Å². The van der Waals surface area contributed by atoms with Crippen LogP contribution < -0.4 is 0 Å². The Morgan fingerprint density at radius 2 is 2.15 bits per heavy atom. The molecule has 0 aliphatic heterocycles. The van der Waals surface area contributed by atoms with Gasteiger partial charge in [0.1, 0.15) is 0 Å². The standard InChI is InChI=1S/C8H11NO3S/c1-7(12-2)13(10,11)8-5-3-4-6-9-8/h3-7H,1-2H3. The van der Waals surface area contributed by atoms with E-state index in [-0.39, 0.29) is 5.03 Å². The van der Waals surface area contributed by atoms with E-state index in [2.05, 4.69) is 4.98 Å². The zero-order chi connectivity index (χ0) is 9.90. The van der Waals surface area contributed by atoms with Crippen LogP contribution in [0.15, 0.2) is 29.4 Å². The predicted molar refractivity (Wildman–Crippen MR) is 47.9 cm³/mol. The SMILES string of the molecule is COC(C)S(=O)(=O)c1ccccn1. The van der Waals surface area contributed by atoms with Gasteiger partial charge in [0.15, 0.2) is 10.5 Å². The van der Waals surface area contributed by atoms with Crippen molar-refractivity contribution in [2.45, 2.75) is 17.4 Å². The number of pyridine rings is 1. The molecule has 0 spiro atoms. The summed E-state index contributed by atoms with van der Waals surface area (Å²) in [5.74, 6) is 0. The summed E-state index contributed by atoms with van der Waals surface area (Å²) in [4.78, 5) is 3.75. The van der Waals surface area contributed by atoms with Crippen molar-refractivity contribution < 1.29 is 13.2 Å². The molecular formula is C8H11NO3S. The van der Waals surface area contributed by atoms with E-state index in [1.54, 1.807) is 12.1 Å². The molecule has 0 saturated carbocycles. The van der Waals surface area contributed by atoms with E-state index < -0.39 is 15.3 Å². The number of hydrogen-bond donors (Lipinski definition) is 0. The highest BCUT2D eigenvalue weighted by molar-refractivity contribution is 7.91. The van der Waals surface area contributed by atoms with Crippen LogP contribution in [0.25, 0.3) is 0 Å². The third kappa shape index (κ3) is 2.05. The minimum atomic E-state index is -3.42. The number of aromatic nitrogens is 1. The molecule has 0 aliphatic rings. The van der Waals surface area contributed by atoms with Gasteiger partial charge in [0.25, 0.3) is 0 Å². The molecule has 0 N–H and O–H groups in total. The van der Waals surface area contributed by atoms with Crippen molar-refractivity contribution in [1.82, 2.24) is 4.98 Å². The first-order chi connectivity index (χ1) is 6.09. The molecule has 1 aromatic rings. The van der Waals surface area contributed by atoms with Crippen molar-refractivity contribution in [3.8, 4) is 0 Å². The monoisotopic (exact) mass is 201 g/mol. The molecule has 0 amide bonds. The lowest BCUT2D eigenvalue weighted by Crippen LogP contribution is -2.20. The molecule has 1 rings (SSSR count). The summed E-state index contributed by atoms with van der Waals surface area (Å²) < 4.78 is 27.9. The van der Waals surface area contributed by atoms with Crippen molar-refractivity contribution in [3.63, 3.8) is 0 Å². The van der Waals surface area contributed by atoms with E-state index in [9.17, 15) is 8.42 Å². The first-order valence-corrected chi connectivity index (χ1v) is 5.31. The van der Waals surface area contributed by atoms with Gasteiger partial charge < -0.3 is 4.74 Å². The lowest BCUT2D eigenvalue weighted by molar-refractivity contribution is 0.177. The number of rotatable bonds is 3. The number of nitrogens with zero attached hydrogens (tertiary/aromatic N) is 1. The Hall–Kier alpha value is -0.940. The summed E-state index contributed by atoms with van der Waals surface area (Å²) in [6.07, 6.45) is 1.44. The maximum atomic E-state index is 11.6. The average molecular weight is 201 g/mol. The Kier molecular flexibility index (Phi) is 3.00. The second kappa shape index (κ2) is 3.85. The van der Waals surface area contributed by atoms with E-state index in [0.29, 0.717) is 0 Å². The lowest BCUT2D eigenvalue weighted by Gasteiger charge is -2.09. The lowest BCUT2D eigenvalue weighted by atomic mass is 10.5. The summed E-state index contributed by atoms with van der Waals surface area (Å²) in [6, 6.07) is 4.74. The molecule has 1 heterocycles. The second-order valence-corrected chi connectivity index (χ2v) is 4.69. The predicted octanol–water partition coefficient (Wildman–Crippen LogP) is 0.848. The van der Waals surface area contributed by atoms with Crippen molar-refractivity contribution >= 4 is 9.84 Å². The van der Waals surface area contributed by atoms with E-state index in [1.807, 2.05) is 0 Å². The zero-order valence-corrected chi connectivity index (χ0v) is 8.28. The fourth-order valence-corrected chi connectivity index (χ4v) is 1.88. The molecule has 0 saturated heterocycles. The van der Waals surface area contributed by atoms with Gasteiger partial charge >= 0.3 is 0 Å². The van der Waals surface area contributed by atoms with Crippen LogP contribution in [0.3, 0.4) is 0 Å². The third-order valence-electron chi connectivity index (χ3n) is 1.70. The molecule has 0 aromatic carbocycles. The van der Waals surface area contributed by atoms with Crippen LogP contribution in [0.5, 0.6) is 0 Å². The van der Waals surface area contributed by atoms with Crippen LogP contribution >= 0.6 is 0 Å². The quantitative estimate of drug-likeness (QED) is 0.727. The van der Waals surface area contributed by atoms with Crippen LogP contribution in [0.1, 0.15) is 6.92 Å². The molecule has 13 heavy (non-hydrogen) atoms.